The topological polar surface area (TPSA) is 84.2 Å². The van der Waals surface area contributed by atoms with E-state index in [0.29, 0.717) is 6.54 Å². The van der Waals surface area contributed by atoms with Crippen molar-refractivity contribution in [3.05, 3.63) is 21.9 Å². The van der Waals surface area contributed by atoms with E-state index >= 15 is 0 Å². The summed E-state index contributed by atoms with van der Waals surface area (Å²) in [5.41, 5.74) is 4.78. The molecule has 1 heterocycles. The van der Waals surface area contributed by atoms with Crippen LogP contribution >= 0.6 is 11.3 Å². The van der Waals surface area contributed by atoms with Gasteiger partial charge in [-0.25, -0.2) is 4.79 Å². The number of hydrogen-bond acceptors (Lipinski definition) is 4. The molecule has 0 radical (unpaired) electrons. The lowest BCUT2D eigenvalue weighted by atomic mass is 10.4. The summed E-state index contributed by atoms with van der Waals surface area (Å²) in [4.78, 5) is 23.7. The minimum absolute atomic E-state index is 0.0832. The largest absolute Gasteiger partial charge is 0.351 e. The van der Waals surface area contributed by atoms with Crippen LogP contribution in [0.25, 0.3) is 0 Å². The van der Waals surface area contributed by atoms with Gasteiger partial charge in [0, 0.05) is 16.3 Å². The third-order valence-corrected chi connectivity index (χ3v) is 2.64. The zero-order valence-electron chi connectivity index (χ0n) is 8.37. The Labute approximate surface area is 91.7 Å². The van der Waals surface area contributed by atoms with Gasteiger partial charge in [-0.05, 0) is 19.1 Å². The maximum absolute atomic E-state index is 11.0. The van der Waals surface area contributed by atoms with E-state index < -0.39 is 11.9 Å². The van der Waals surface area contributed by atoms with Gasteiger partial charge in [0.15, 0.2) is 0 Å². The molecule has 15 heavy (non-hydrogen) atoms. The summed E-state index contributed by atoms with van der Waals surface area (Å²) in [6, 6.07) is 3.19. The van der Waals surface area contributed by atoms with Crippen LogP contribution < -0.4 is 16.4 Å². The minimum Gasteiger partial charge on any atom is -0.351 e. The monoisotopic (exact) mass is 227 g/mol. The molecule has 0 bridgehead atoms. The van der Waals surface area contributed by atoms with E-state index in [1.807, 2.05) is 24.4 Å². The van der Waals surface area contributed by atoms with Crippen molar-refractivity contribution in [1.82, 2.24) is 10.6 Å². The number of aryl methyl sites for hydroxylation is 1. The smallest absolute Gasteiger partial charge is 0.318 e. The van der Waals surface area contributed by atoms with Crippen LogP contribution in [0.5, 0.6) is 0 Å². The Hall–Kier alpha value is -1.40. The lowest BCUT2D eigenvalue weighted by Gasteiger charge is -2.02. The van der Waals surface area contributed by atoms with Crippen molar-refractivity contribution in [2.24, 2.45) is 5.73 Å². The number of hydrogen-bond donors (Lipinski definition) is 3. The summed E-state index contributed by atoms with van der Waals surface area (Å²) in [7, 11) is 0. The highest BCUT2D eigenvalue weighted by atomic mass is 32.1. The van der Waals surface area contributed by atoms with Crippen LogP contribution in [0, 0.1) is 6.92 Å². The van der Waals surface area contributed by atoms with E-state index in [0.717, 1.165) is 4.88 Å². The predicted octanol–water partition coefficient (Wildman–Crippen LogP) is 0.341. The van der Waals surface area contributed by atoms with Crippen molar-refractivity contribution >= 4 is 23.3 Å². The lowest BCUT2D eigenvalue weighted by Crippen LogP contribution is -2.40. The average Bonchev–Trinajstić information content (AvgIpc) is 2.50. The number of carbonyl (C=O) groups excluding carboxylic acids is 2. The van der Waals surface area contributed by atoms with Crippen LogP contribution in [0.4, 0.5) is 4.79 Å². The molecule has 0 aliphatic carbocycles. The fourth-order valence-electron chi connectivity index (χ4n) is 1.06. The Balaban J connectivity index is 2.22. The lowest BCUT2D eigenvalue weighted by molar-refractivity contribution is -0.119. The van der Waals surface area contributed by atoms with Gasteiger partial charge in [0.1, 0.15) is 0 Å². The summed E-state index contributed by atoms with van der Waals surface area (Å²) in [5, 5.41) is 4.89. The number of rotatable bonds is 4. The van der Waals surface area contributed by atoms with Gasteiger partial charge in [-0.1, -0.05) is 0 Å². The molecule has 0 aromatic carbocycles. The van der Waals surface area contributed by atoms with Gasteiger partial charge in [-0.15, -0.1) is 11.3 Å². The summed E-state index contributed by atoms with van der Waals surface area (Å²) < 4.78 is 0. The Bertz CT molecular complexity index is 362. The van der Waals surface area contributed by atoms with Crippen molar-refractivity contribution in [3.8, 4) is 0 Å². The second-order valence-corrected chi connectivity index (χ2v) is 4.40. The maximum atomic E-state index is 11.0. The van der Waals surface area contributed by atoms with Crippen molar-refractivity contribution in [3.63, 3.8) is 0 Å². The molecule has 0 atom stereocenters. The van der Waals surface area contributed by atoms with Crippen molar-refractivity contribution in [2.45, 2.75) is 13.5 Å². The van der Waals surface area contributed by atoms with Crippen LogP contribution in [-0.4, -0.2) is 18.5 Å². The average molecular weight is 227 g/mol. The Morgan fingerprint density at radius 1 is 1.47 bits per heavy atom. The van der Waals surface area contributed by atoms with E-state index in [2.05, 4.69) is 5.32 Å². The Morgan fingerprint density at radius 2 is 2.20 bits per heavy atom. The molecule has 0 aliphatic rings. The third-order valence-electron chi connectivity index (χ3n) is 1.64. The van der Waals surface area contributed by atoms with Gasteiger partial charge in [0.2, 0.25) is 5.91 Å². The predicted molar refractivity (Wildman–Crippen MR) is 58.5 cm³/mol. The van der Waals surface area contributed by atoms with E-state index in [-0.39, 0.29) is 6.54 Å². The summed E-state index contributed by atoms with van der Waals surface area (Å²) >= 11 is 1.67. The normalized spacial score (nSPS) is 9.93. The van der Waals surface area contributed by atoms with E-state index in [4.69, 9.17) is 5.73 Å². The SMILES string of the molecule is Cc1ccc(CNCC(=O)NC(N)=O)s1. The number of primary amides is 1. The quantitative estimate of drug-likeness (QED) is 0.693. The number of urea groups is 1. The first-order valence-electron chi connectivity index (χ1n) is 4.43. The second kappa shape index (κ2) is 5.47. The molecule has 6 heteroatoms. The zero-order chi connectivity index (χ0) is 11.3. The molecule has 5 nitrogen and oxygen atoms in total. The highest BCUT2D eigenvalue weighted by molar-refractivity contribution is 7.11. The maximum Gasteiger partial charge on any atom is 0.318 e. The molecule has 0 saturated heterocycles. The molecule has 0 fully saturated rings. The second-order valence-electron chi connectivity index (χ2n) is 3.03. The molecule has 1 rings (SSSR count). The molecule has 0 saturated carbocycles. The standard InChI is InChI=1S/C9H13N3O2S/c1-6-2-3-7(15-6)4-11-5-8(13)12-9(10)14/h2-3,11H,4-5H2,1H3,(H3,10,12,13,14). The van der Waals surface area contributed by atoms with Gasteiger partial charge in [-0.3, -0.25) is 10.1 Å². The number of nitrogens with two attached hydrogens (primary N) is 1. The fourth-order valence-corrected chi connectivity index (χ4v) is 1.92. The number of nitrogens with one attached hydrogen (secondary N) is 2. The molecule has 0 aliphatic heterocycles. The van der Waals surface area contributed by atoms with Crippen LogP contribution in [-0.2, 0) is 11.3 Å². The van der Waals surface area contributed by atoms with Crippen LogP contribution in [0.2, 0.25) is 0 Å². The molecule has 1 aromatic rings. The molecule has 0 unspecified atom stereocenters. The van der Waals surface area contributed by atoms with Crippen LogP contribution in [0.1, 0.15) is 9.75 Å². The Morgan fingerprint density at radius 3 is 2.73 bits per heavy atom. The third kappa shape index (κ3) is 4.57. The first-order valence-corrected chi connectivity index (χ1v) is 5.25. The Kier molecular flexibility index (Phi) is 4.26. The molecular formula is C9H13N3O2S. The van der Waals surface area contributed by atoms with Gasteiger partial charge in [0.05, 0.1) is 6.54 Å². The van der Waals surface area contributed by atoms with Crippen molar-refractivity contribution in [1.29, 1.82) is 0 Å². The highest BCUT2D eigenvalue weighted by Gasteiger charge is 2.03. The van der Waals surface area contributed by atoms with Gasteiger partial charge in [-0.2, -0.15) is 0 Å². The first-order chi connectivity index (χ1) is 7.08. The number of imide groups is 1. The molecule has 4 N–H and O–H groups in total. The molecule has 1 aromatic heterocycles. The van der Waals surface area contributed by atoms with Crippen molar-refractivity contribution < 1.29 is 9.59 Å². The molecule has 3 amide bonds. The number of amides is 3. The first kappa shape index (κ1) is 11.7. The van der Waals surface area contributed by atoms with Gasteiger partial charge < -0.3 is 11.1 Å². The zero-order valence-corrected chi connectivity index (χ0v) is 9.19. The fraction of sp³-hybridized carbons (Fsp3) is 0.333. The molecule has 0 spiro atoms. The highest BCUT2D eigenvalue weighted by Crippen LogP contribution is 2.14. The van der Waals surface area contributed by atoms with Crippen LogP contribution in [0.3, 0.4) is 0 Å². The minimum atomic E-state index is -0.825. The molecule has 82 valence electrons. The summed E-state index contributed by atoms with van der Waals surface area (Å²) in [6.07, 6.45) is 0. The number of carbonyl (C=O) groups is 2. The molecular weight excluding hydrogens is 214 g/mol. The van der Waals surface area contributed by atoms with E-state index in [1.54, 1.807) is 11.3 Å². The van der Waals surface area contributed by atoms with Crippen molar-refractivity contribution in [2.75, 3.05) is 6.54 Å². The van der Waals surface area contributed by atoms with E-state index in [1.165, 1.54) is 4.88 Å². The number of thiophene rings is 1. The van der Waals surface area contributed by atoms with Gasteiger partial charge in [0.25, 0.3) is 0 Å². The van der Waals surface area contributed by atoms with Crippen LogP contribution in [0.15, 0.2) is 12.1 Å². The summed E-state index contributed by atoms with van der Waals surface area (Å²) in [6.45, 7) is 2.72. The summed E-state index contributed by atoms with van der Waals surface area (Å²) in [5.74, 6) is -0.421. The van der Waals surface area contributed by atoms with E-state index in [9.17, 15) is 9.59 Å². The van der Waals surface area contributed by atoms with Gasteiger partial charge >= 0.3 is 6.03 Å².